The van der Waals surface area contributed by atoms with Gasteiger partial charge in [-0.05, 0) is 68.5 Å². The Labute approximate surface area is 236 Å². The predicted octanol–water partition coefficient (Wildman–Crippen LogP) is 4.01. The molecule has 1 aliphatic carbocycles. The average molecular weight is 567 g/mol. The maximum Gasteiger partial charge on any atom is 0.416 e. The van der Waals surface area contributed by atoms with E-state index in [9.17, 15) is 23.1 Å². The van der Waals surface area contributed by atoms with Crippen LogP contribution in [-0.4, -0.2) is 69.1 Å². The van der Waals surface area contributed by atoms with Gasteiger partial charge < -0.3 is 20.2 Å². The van der Waals surface area contributed by atoms with Crippen LogP contribution in [0.25, 0.3) is 11.4 Å². The number of alkyl halides is 3. The van der Waals surface area contributed by atoms with Crippen LogP contribution >= 0.6 is 0 Å². The van der Waals surface area contributed by atoms with E-state index in [4.69, 9.17) is 0 Å². The number of carbonyl (C=O) groups is 1. The van der Waals surface area contributed by atoms with E-state index in [0.717, 1.165) is 37.0 Å². The van der Waals surface area contributed by atoms with Crippen LogP contribution in [0.3, 0.4) is 0 Å². The smallest absolute Gasteiger partial charge is 0.384 e. The van der Waals surface area contributed by atoms with Gasteiger partial charge in [0.1, 0.15) is 5.60 Å². The number of likely N-dealkylation sites (tertiary alicyclic amines) is 1. The number of anilines is 1. The lowest BCUT2D eigenvalue weighted by Gasteiger charge is -2.41. The van der Waals surface area contributed by atoms with Crippen molar-refractivity contribution in [2.24, 2.45) is 5.92 Å². The van der Waals surface area contributed by atoms with Crippen molar-refractivity contribution < 1.29 is 23.1 Å². The second-order valence-corrected chi connectivity index (χ2v) is 11.4. The minimum absolute atomic E-state index is 0.0750. The van der Waals surface area contributed by atoms with Gasteiger partial charge in [-0.2, -0.15) is 13.2 Å². The summed E-state index contributed by atoms with van der Waals surface area (Å²) in [5.41, 5.74) is 0.318. The van der Waals surface area contributed by atoms with Crippen molar-refractivity contribution in [3.63, 3.8) is 0 Å². The fraction of sp³-hybridized carbons (Fsp3) is 0.467. The molecule has 2 N–H and O–H groups in total. The SMILES string of the molecule is O=C(C1CN(c2cccc(C(F)(F)F)c2)C1)N1CCC(NC2CCC(O)(c3ccc(-c4ncccn4)cn3)CC2)C1. The number of carbonyl (C=O) groups excluding carboxylic acids is 1. The van der Waals surface area contributed by atoms with E-state index in [-0.39, 0.29) is 23.9 Å². The molecule has 11 heteroatoms. The zero-order valence-corrected chi connectivity index (χ0v) is 22.6. The minimum Gasteiger partial charge on any atom is -0.384 e. The van der Waals surface area contributed by atoms with E-state index in [0.29, 0.717) is 56.2 Å². The second kappa shape index (κ2) is 11.0. The molecule has 2 aromatic heterocycles. The summed E-state index contributed by atoms with van der Waals surface area (Å²) in [7, 11) is 0. The van der Waals surface area contributed by atoms with Crippen molar-refractivity contribution in [1.29, 1.82) is 0 Å². The van der Waals surface area contributed by atoms with Crippen molar-refractivity contribution in [1.82, 2.24) is 25.2 Å². The first-order valence-corrected chi connectivity index (χ1v) is 14.1. The Kier molecular flexibility index (Phi) is 7.41. The summed E-state index contributed by atoms with van der Waals surface area (Å²) in [6, 6.07) is 11.2. The topological polar surface area (TPSA) is 94.5 Å². The molecule has 0 radical (unpaired) electrons. The first kappa shape index (κ1) is 27.6. The Morgan fingerprint density at radius 1 is 0.951 bits per heavy atom. The summed E-state index contributed by atoms with van der Waals surface area (Å²) in [4.78, 5) is 29.8. The van der Waals surface area contributed by atoms with Gasteiger partial charge in [-0.25, -0.2) is 9.97 Å². The third kappa shape index (κ3) is 5.92. The molecule has 1 saturated carbocycles. The van der Waals surface area contributed by atoms with Crippen LogP contribution in [0.1, 0.15) is 43.4 Å². The van der Waals surface area contributed by atoms with Crippen molar-refractivity contribution in [3.05, 3.63) is 72.3 Å². The molecule has 0 bridgehead atoms. The van der Waals surface area contributed by atoms with Gasteiger partial charge in [0.15, 0.2) is 5.82 Å². The predicted molar refractivity (Wildman–Crippen MR) is 147 cm³/mol. The number of hydrogen-bond acceptors (Lipinski definition) is 7. The molecule has 1 aromatic carbocycles. The lowest BCUT2D eigenvalue weighted by molar-refractivity contribution is -0.138. The summed E-state index contributed by atoms with van der Waals surface area (Å²) in [6.07, 6.45) is 4.36. The molecule has 3 aromatic rings. The largest absolute Gasteiger partial charge is 0.416 e. The molecule has 41 heavy (non-hydrogen) atoms. The molecule has 1 atom stereocenters. The van der Waals surface area contributed by atoms with Gasteiger partial charge in [-0.15, -0.1) is 0 Å². The van der Waals surface area contributed by atoms with Crippen LogP contribution in [0.5, 0.6) is 0 Å². The highest BCUT2D eigenvalue weighted by Gasteiger charge is 2.40. The molecule has 2 saturated heterocycles. The number of benzene rings is 1. The molecule has 3 aliphatic rings. The molecule has 2 aliphatic heterocycles. The van der Waals surface area contributed by atoms with Gasteiger partial charge in [0.05, 0.1) is 17.2 Å². The Bertz CT molecular complexity index is 1360. The Morgan fingerprint density at radius 2 is 1.71 bits per heavy atom. The van der Waals surface area contributed by atoms with E-state index in [1.807, 2.05) is 21.9 Å². The Morgan fingerprint density at radius 3 is 2.39 bits per heavy atom. The van der Waals surface area contributed by atoms with Crippen molar-refractivity contribution in [3.8, 4) is 11.4 Å². The van der Waals surface area contributed by atoms with Crippen LogP contribution in [-0.2, 0) is 16.6 Å². The monoisotopic (exact) mass is 566 g/mol. The lowest BCUT2D eigenvalue weighted by Crippen LogP contribution is -2.54. The standard InChI is InChI=1S/C30H33F3N6O2/c31-30(32,33)22-3-1-4-25(15-22)39-17-21(18-39)28(40)38-14-9-24(19-38)37-23-7-10-29(41,11-8-23)26-6-5-20(16-36-26)27-34-12-2-13-35-27/h1-6,12-13,15-16,21,23-24,37,41H,7-11,14,17-19H2. The molecule has 4 heterocycles. The fourth-order valence-corrected chi connectivity index (χ4v) is 6.18. The number of pyridine rings is 1. The Hall–Kier alpha value is -3.57. The molecule has 8 nitrogen and oxygen atoms in total. The third-order valence-electron chi connectivity index (χ3n) is 8.62. The van der Waals surface area contributed by atoms with E-state index >= 15 is 0 Å². The number of nitrogens with one attached hydrogen (secondary N) is 1. The summed E-state index contributed by atoms with van der Waals surface area (Å²) in [5.74, 6) is 0.479. The highest BCUT2D eigenvalue weighted by molar-refractivity contribution is 5.82. The number of halogens is 3. The van der Waals surface area contributed by atoms with Crippen LogP contribution in [0.2, 0.25) is 0 Å². The Balaban J connectivity index is 0.960. The van der Waals surface area contributed by atoms with Gasteiger partial charge in [-0.1, -0.05) is 6.07 Å². The number of rotatable bonds is 6. The van der Waals surface area contributed by atoms with Gasteiger partial charge in [-0.3, -0.25) is 9.78 Å². The number of aromatic nitrogens is 3. The van der Waals surface area contributed by atoms with Gasteiger partial charge in [0.2, 0.25) is 5.91 Å². The third-order valence-corrected chi connectivity index (χ3v) is 8.62. The van der Waals surface area contributed by atoms with E-state index in [1.54, 1.807) is 30.7 Å². The number of hydrogen-bond donors (Lipinski definition) is 2. The van der Waals surface area contributed by atoms with Gasteiger partial charge in [0.25, 0.3) is 0 Å². The maximum absolute atomic E-state index is 13.1. The zero-order valence-electron chi connectivity index (χ0n) is 22.6. The fourth-order valence-electron chi connectivity index (χ4n) is 6.18. The van der Waals surface area contributed by atoms with E-state index < -0.39 is 17.3 Å². The summed E-state index contributed by atoms with van der Waals surface area (Å²) in [5, 5.41) is 15.0. The minimum atomic E-state index is -4.38. The molecule has 0 spiro atoms. The first-order valence-electron chi connectivity index (χ1n) is 14.1. The molecule has 3 fully saturated rings. The molecule has 216 valence electrons. The van der Waals surface area contributed by atoms with Crippen LogP contribution in [0.4, 0.5) is 18.9 Å². The average Bonchev–Trinajstić information content (AvgIpc) is 3.42. The quantitative estimate of drug-likeness (QED) is 0.466. The lowest BCUT2D eigenvalue weighted by atomic mass is 9.79. The van der Waals surface area contributed by atoms with Crippen LogP contribution in [0.15, 0.2) is 61.1 Å². The molecular formula is C30H33F3N6O2. The van der Waals surface area contributed by atoms with Crippen molar-refractivity contribution >= 4 is 11.6 Å². The highest BCUT2D eigenvalue weighted by Crippen LogP contribution is 2.37. The summed E-state index contributed by atoms with van der Waals surface area (Å²) < 4.78 is 39.1. The van der Waals surface area contributed by atoms with Crippen molar-refractivity contribution in [2.75, 3.05) is 31.1 Å². The van der Waals surface area contributed by atoms with E-state index in [2.05, 4.69) is 20.3 Å². The van der Waals surface area contributed by atoms with Gasteiger partial charge in [0, 0.05) is 68.1 Å². The zero-order chi connectivity index (χ0) is 28.6. The molecule has 1 amide bonds. The summed E-state index contributed by atoms with van der Waals surface area (Å²) >= 11 is 0. The first-order chi connectivity index (χ1) is 19.7. The molecular weight excluding hydrogens is 533 g/mol. The number of amides is 1. The number of nitrogens with zero attached hydrogens (tertiary/aromatic N) is 5. The number of aliphatic hydroxyl groups is 1. The summed E-state index contributed by atoms with van der Waals surface area (Å²) in [6.45, 7) is 2.17. The molecule has 1 unspecified atom stereocenters. The van der Waals surface area contributed by atoms with Gasteiger partial charge >= 0.3 is 6.18 Å². The highest BCUT2D eigenvalue weighted by atomic mass is 19.4. The normalized spacial score (nSPS) is 25.3. The molecule has 6 rings (SSSR count). The maximum atomic E-state index is 13.1. The van der Waals surface area contributed by atoms with Crippen molar-refractivity contribution in [2.45, 2.75) is 56.0 Å². The second-order valence-electron chi connectivity index (χ2n) is 11.4. The van der Waals surface area contributed by atoms with Crippen LogP contribution < -0.4 is 10.2 Å². The van der Waals surface area contributed by atoms with Crippen LogP contribution in [0, 0.1) is 5.92 Å². The van der Waals surface area contributed by atoms with E-state index in [1.165, 1.54) is 6.07 Å².